The van der Waals surface area contributed by atoms with Gasteiger partial charge in [0, 0.05) is 0 Å². The monoisotopic (exact) mass is 446 g/mol. The molecule has 0 saturated carbocycles. The van der Waals surface area contributed by atoms with E-state index < -0.39 is 0 Å². The van der Waals surface area contributed by atoms with E-state index in [4.69, 9.17) is 6.42 Å². The van der Waals surface area contributed by atoms with Gasteiger partial charge in [0.1, 0.15) is 0 Å². The third kappa shape index (κ3) is 3.99. The molecular weight excluding hydrogens is 427 g/mol. The average Bonchev–Trinajstić information content (AvgIpc) is 2.96. The summed E-state index contributed by atoms with van der Waals surface area (Å²) in [5.41, 5.74) is 2.51. The Balaban J connectivity index is 0.00000208. The Bertz CT molecular complexity index is 862. The van der Waals surface area contributed by atoms with Crippen molar-refractivity contribution in [3.05, 3.63) is 66.5 Å². The van der Waals surface area contributed by atoms with Gasteiger partial charge in [-0.15, -0.1) is 0 Å². The van der Waals surface area contributed by atoms with Crippen molar-refractivity contribution in [2.24, 2.45) is 0 Å². The first kappa shape index (κ1) is 18.5. The van der Waals surface area contributed by atoms with Gasteiger partial charge in [0.25, 0.3) is 0 Å². The quantitative estimate of drug-likeness (QED) is 0.405. The molecule has 0 bridgehead atoms. The van der Waals surface area contributed by atoms with Gasteiger partial charge in [-0.2, -0.15) is 0 Å². The molecule has 4 heteroatoms. The topological polar surface area (TPSA) is 7.12 Å². The third-order valence-corrected chi connectivity index (χ3v) is 6.02. The van der Waals surface area contributed by atoms with Gasteiger partial charge in [0.15, 0.2) is 0 Å². The van der Waals surface area contributed by atoms with E-state index in [0.717, 1.165) is 12.1 Å². The van der Waals surface area contributed by atoms with Gasteiger partial charge < -0.3 is 17.0 Å². The molecule has 0 aliphatic rings. The number of para-hydroxylation sites is 1. The second-order valence-corrected chi connectivity index (χ2v) is 7.31. The van der Waals surface area contributed by atoms with Gasteiger partial charge in [0.05, 0.1) is 0 Å². The van der Waals surface area contributed by atoms with Crippen LogP contribution in [0.1, 0.15) is 12.6 Å². The Morgan fingerprint density at radius 2 is 1.83 bits per heavy atom. The molecule has 2 aromatic carbocycles. The standard InChI is InChI=1S/C20H19N2Se.BrH/c1-3-14-21(17-10-6-5-7-11-17)15-16-22-19(4-2)18-12-8-9-13-20(18)23-22;/h1,5-13,15-16H,4,14H2,2H3;1H/q+1;/p-1. The van der Waals surface area contributed by atoms with Gasteiger partial charge >= 0.3 is 143 Å². The second kappa shape index (κ2) is 8.89. The average molecular weight is 446 g/mol. The molecule has 0 amide bonds. The zero-order chi connectivity index (χ0) is 16.1. The molecule has 2 nitrogen and oxygen atoms in total. The van der Waals surface area contributed by atoms with E-state index in [0.29, 0.717) is 21.3 Å². The van der Waals surface area contributed by atoms with Gasteiger partial charge in [-0.1, -0.05) is 0 Å². The molecule has 0 spiro atoms. The van der Waals surface area contributed by atoms with Crippen molar-refractivity contribution in [2.45, 2.75) is 13.3 Å². The summed E-state index contributed by atoms with van der Waals surface area (Å²) in [6, 6.07) is 18.9. The molecule has 0 fully saturated rings. The number of nitrogens with zero attached hydrogens (tertiary/aromatic N) is 2. The first-order valence-corrected chi connectivity index (χ1v) is 9.31. The Morgan fingerprint density at radius 3 is 2.54 bits per heavy atom. The summed E-state index contributed by atoms with van der Waals surface area (Å²) in [7, 11) is 0. The van der Waals surface area contributed by atoms with Crippen LogP contribution >= 0.6 is 0 Å². The first-order valence-electron chi connectivity index (χ1n) is 7.69. The Morgan fingerprint density at radius 1 is 1.12 bits per heavy atom. The molecular formula is C20H19BrN2Se. The number of halogens is 1. The van der Waals surface area contributed by atoms with Crippen molar-refractivity contribution in [3.63, 3.8) is 0 Å². The van der Waals surface area contributed by atoms with Crippen LogP contribution in [0, 0.1) is 12.3 Å². The predicted molar refractivity (Wildman–Crippen MR) is 98.4 cm³/mol. The minimum absolute atomic E-state index is 0. The molecule has 1 aromatic heterocycles. The Hall–Kier alpha value is -1.79. The fourth-order valence-electron chi connectivity index (χ4n) is 2.62. The van der Waals surface area contributed by atoms with Gasteiger partial charge in [-0.05, 0) is 0 Å². The number of aryl methyl sites for hydroxylation is 1. The number of benzene rings is 2. The number of rotatable bonds is 5. The van der Waals surface area contributed by atoms with Crippen LogP contribution in [0.4, 0.5) is 5.69 Å². The summed E-state index contributed by atoms with van der Waals surface area (Å²) in [5, 5.41) is 1.39. The summed E-state index contributed by atoms with van der Waals surface area (Å²) < 4.78 is 3.83. The molecule has 0 atom stereocenters. The molecule has 0 radical (unpaired) electrons. The fourth-order valence-corrected chi connectivity index (χ4v) is 4.90. The fraction of sp³-hybridized carbons (Fsp3) is 0.150. The van der Waals surface area contributed by atoms with Crippen molar-refractivity contribution in [3.8, 4) is 12.3 Å². The molecule has 0 aliphatic heterocycles. The first-order chi connectivity index (χ1) is 11.3. The third-order valence-electron chi connectivity index (χ3n) is 3.73. The number of hydrogen-bond acceptors (Lipinski definition) is 1. The summed E-state index contributed by atoms with van der Waals surface area (Å²) in [5.74, 6) is 2.74. The van der Waals surface area contributed by atoms with Crippen LogP contribution in [0.3, 0.4) is 0 Å². The smallest absolute Gasteiger partial charge is 1.00 e. The number of anilines is 1. The molecule has 0 saturated heterocycles. The molecule has 122 valence electrons. The van der Waals surface area contributed by atoms with Crippen molar-refractivity contribution in [1.29, 1.82) is 0 Å². The summed E-state index contributed by atoms with van der Waals surface area (Å²) in [6.07, 6.45) is 10.8. The molecule has 24 heavy (non-hydrogen) atoms. The summed E-state index contributed by atoms with van der Waals surface area (Å²) in [4.78, 5) is 2.10. The van der Waals surface area contributed by atoms with E-state index in [1.807, 2.05) is 18.2 Å². The maximum absolute atomic E-state index is 5.53. The largest absolute Gasteiger partial charge is 1.00 e. The van der Waals surface area contributed by atoms with E-state index in [-0.39, 0.29) is 17.0 Å². The summed E-state index contributed by atoms with van der Waals surface area (Å²) >= 11 is 0.303. The van der Waals surface area contributed by atoms with Crippen LogP contribution in [0.5, 0.6) is 0 Å². The molecule has 3 aromatic rings. The number of fused-ring (bicyclic) bond motifs is 1. The van der Waals surface area contributed by atoms with Crippen molar-refractivity contribution in [2.75, 3.05) is 11.4 Å². The minimum Gasteiger partial charge on any atom is -1.00 e. The zero-order valence-corrected chi connectivity index (χ0v) is 16.8. The van der Waals surface area contributed by atoms with Crippen LogP contribution in [0.2, 0.25) is 0 Å². The SMILES string of the molecule is C#CCN(C=C[n+]1[se]c2ccccc2c1CC)c1ccccc1.[Br-]. The van der Waals surface area contributed by atoms with E-state index in [1.54, 1.807) is 0 Å². The van der Waals surface area contributed by atoms with Crippen LogP contribution in [-0.4, -0.2) is 21.3 Å². The van der Waals surface area contributed by atoms with Crippen LogP contribution < -0.4 is 25.4 Å². The molecule has 0 aliphatic carbocycles. The molecule has 0 N–H and O–H groups in total. The second-order valence-electron chi connectivity index (χ2n) is 5.18. The van der Waals surface area contributed by atoms with E-state index in [9.17, 15) is 0 Å². The molecule has 1 heterocycles. The minimum atomic E-state index is 0. The van der Waals surface area contributed by atoms with Crippen molar-refractivity contribution < 1.29 is 20.5 Å². The van der Waals surface area contributed by atoms with Crippen LogP contribution in [0.15, 0.2) is 60.8 Å². The van der Waals surface area contributed by atoms with Gasteiger partial charge in [-0.25, -0.2) is 0 Å². The Kier molecular flexibility index (Phi) is 6.87. The maximum atomic E-state index is 5.53. The van der Waals surface area contributed by atoms with Crippen molar-refractivity contribution in [1.82, 2.24) is 0 Å². The zero-order valence-electron chi connectivity index (χ0n) is 13.5. The number of terminal acetylenes is 1. The van der Waals surface area contributed by atoms with Gasteiger partial charge in [-0.3, -0.25) is 0 Å². The molecule has 3 rings (SSSR count). The van der Waals surface area contributed by atoms with E-state index >= 15 is 0 Å². The van der Waals surface area contributed by atoms with E-state index in [1.165, 1.54) is 15.3 Å². The predicted octanol–water partition coefficient (Wildman–Crippen LogP) is 0.319. The maximum Gasteiger partial charge on any atom is -1.00 e. The number of aromatic nitrogens is 1. The summed E-state index contributed by atoms with van der Waals surface area (Å²) in [6.45, 7) is 2.78. The van der Waals surface area contributed by atoms with Crippen LogP contribution in [-0.2, 0) is 6.42 Å². The number of hydrogen-bond donors (Lipinski definition) is 0. The van der Waals surface area contributed by atoms with E-state index in [2.05, 4.69) is 70.1 Å². The van der Waals surface area contributed by atoms with Crippen LogP contribution in [0.25, 0.3) is 15.8 Å². The Labute approximate surface area is 160 Å². The van der Waals surface area contributed by atoms with Gasteiger partial charge in [0.2, 0.25) is 0 Å². The van der Waals surface area contributed by atoms with Crippen molar-refractivity contribution >= 4 is 36.3 Å². The molecule has 0 unspecified atom stereocenters. The normalized spacial score (nSPS) is 10.5.